The molecule has 0 radical (unpaired) electrons. The molecule has 25 nitrogen and oxygen atoms in total. The number of fused-ring (bicyclic) bond motifs is 2. The number of nitrogens with two attached hydrogens (primary N) is 1. The number of phenols is 1. The summed E-state index contributed by atoms with van der Waals surface area (Å²) in [5.41, 5.74) is 5.32. The van der Waals surface area contributed by atoms with E-state index in [1.165, 1.54) is 18.6 Å². The fourth-order valence-electron chi connectivity index (χ4n) is 10.4. The number of phenolic OH excluding ortho intramolecular Hbond substituents is 1. The highest BCUT2D eigenvalue weighted by molar-refractivity contribution is 7.99. The minimum Gasteiger partial charge on any atom is -0.508 e. The maximum Gasteiger partial charge on any atom is 0.248 e. The van der Waals surface area contributed by atoms with Gasteiger partial charge in [0.25, 0.3) is 0 Å². The number of thioether (sulfide) groups is 1. The van der Waals surface area contributed by atoms with Gasteiger partial charge in [0.05, 0.1) is 64.6 Å². The predicted molar refractivity (Wildman–Crippen MR) is 310 cm³/mol. The van der Waals surface area contributed by atoms with Gasteiger partial charge in [-0.3, -0.25) is 38.4 Å². The number of hydrogen-bond acceptors (Lipinski definition) is 17. The lowest BCUT2D eigenvalue weighted by atomic mass is 9.91. The molecule has 8 amide bonds. The Labute approximate surface area is 492 Å². The summed E-state index contributed by atoms with van der Waals surface area (Å²) < 4.78 is 0.436. The number of aliphatic hydroxyl groups is 7. The van der Waals surface area contributed by atoms with Crippen LogP contribution in [0.25, 0.3) is 0 Å². The Morgan fingerprint density at radius 1 is 0.747 bits per heavy atom. The van der Waals surface area contributed by atoms with Crippen LogP contribution in [-0.2, 0) is 38.4 Å². The van der Waals surface area contributed by atoms with Crippen LogP contribution in [0.2, 0.25) is 0 Å². The molecule has 3 saturated heterocycles. The zero-order valence-electron chi connectivity index (χ0n) is 49.9. The Bertz CT molecular complexity index is 2260. The largest absolute Gasteiger partial charge is 0.508 e. The van der Waals surface area contributed by atoms with Gasteiger partial charge >= 0.3 is 0 Å². The van der Waals surface area contributed by atoms with E-state index in [1.54, 1.807) is 0 Å². The van der Waals surface area contributed by atoms with Gasteiger partial charge in [0, 0.05) is 38.1 Å². The molecule has 0 spiro atoms. The molecule has 4 rings (SSSR count). The van der Waals surface area contributed by atoms with Gasteiger partial charge in [-0.05, 0) is 55.7 Å². The fraction of sp³-hybridized carbons (Fsp3) is 0.754. The van der Waals surface area contributed by atoms with Crippen LogP contribution in [0.3, 0.4) is 0 Å². The Morgan fingerprint density at radius 3 is 1.94 bits per heavy atom. The number of quaternary nitrogens is 1. The van der Waals surface area contributed by atoms with Gasteiger partial charge in [-0.2, -0.15) is 0 Å². The maximum atomic E-state index is 14.7. The highest BCUT2D eigenvalue weighted by Gasteiger charge is 2.49. The molecule has 0 aliphatic carbocycles. The van der Waals surface area contributed by atoms with E-state index in [2.05, 4.69) is 47.4 Å². The number of nitrogens with zero attached hydrogens (tertiary/aromatic N) is 3. The molecule has 1 aromatic carbocycles. The number of aromatic hydroxyl groups is 1. The number of carbonyl (C=O) groups excluding carboxylic acids is 8. The Kier molecular flexibility index (Phi) is 30.1. The van der Waals surface area contributed by atoms with Crippen LogP contribution in [-0.4, -0.2) is 227 Å². The third-order valence-corrected chi connectivity index (χ3v) is 16.6. The van der Waals surface area contributed by atoms with Gasteiger partial charge in [0.1, 0.15) is 59.6 Å². The van der Waals surface area contributed by atoms with Crippen molar-refractivity contribution in [2.45, 2.75) is 216 Å². The van der Waals surface area contributed by atoms with Crippen LogP contribution >= 0.6 is 11.8 Å². The van der Waals surface area contributed by atoms with Crippen molar-refractivity contribution in [1.29, 1.82) is 0 Å². The molecule has 3 aliphatic rings. The first-order valence-corrected chi connectivity index (χ1v) is 30.5. The van der Waals surface area contributed by atoms with Gasteiger partial charge < -0.3 is 87.5 Å². The first-order valence-electron chi connectivity index (χ1n) is 29.4. The molecule has 3 aliphatic heterocycles. The number of nitrogens with one attached hydrogen (secondary N) is 5. The Morgan fingerprint density at radius 2 is 1.34 bits per heavy atom. The zero-order valence-corrected chi connectivity index (χ0v) is 50.8. The number of hydrogen-bond donors (Lipinski definition) is 14. The second-order valence-electron chi connectivity index (χ2n) is 23.4. The summed E-state index contributed by atoms with van der Waals surface area (Å²) in [4.78, 5) is 115. The Balaban J connectivity index is 0.00000893. The number of primary amides is 1. The van der Waals surface area contributed by atoms with E-state index in [0.717, 1.165) is 79.1 Å². The van der Waals surface area contributed by atoms with Crippen molar-refractivity contribution in [3.05, 3.63) is 29.8 Å². The summed E-state index contributed by atoms with van der Waals surface area (Å²) in [6, 6.07) is -6.88. The van der Waals surface area contributed by atoms with Gasteiger partial charge in [-0.1, -0.05) is 91.7 Å². The van der Waals surface area contributed by atoms with Crippen molar-refractivity contribution in [1.82, 2.24) is 36.4 Å². The highest BCUT2D eigenvalue weighted by Crippen LogP contribution is 2.28. The molecular weight excluding hydrogens is 1100 g/mol. The second-order valence-corrected chi connectivity index (χ2v) is 24.7. The number of amides is 8. The van der Waals surface area contributed by atoms with Crippen molar-refractivity contribution in [2.24, 2.45) is 17.6 Å². The lowest BCUT2D eigenvalue weighted by molar-refractivity contribution is -0.867. The molecule has 0 saturated carbocycles. The molecule has 0 aromatic heterocycles. The summed E-state index contributed by atoms with van der Waals surface area (Å²) in [5, 5.41) is 101. The minimum absolute atomic E-state index is 0.0248. The molecule has 472 valence electrons. The number of aliphatic hydroxyl groups excluding tert-OH is 7. The van der Waals surface area contributed by atoms with E-state index < -0.39 is 157 Å². The van der Waals surface area contributed by atoms with Crippen molar-refractivity contribution < 1.29 is 83.7 Å². The van der Waals surface area contributed by atoms with Crippen LogP contribution in [0.5, 0.6) is 5.75 Å². The van der Waals surface area contributed by atoms with E-state index in [4.69, 9.17) is 5.73 Å². The van der Waals surface area contributed by atoms with Crippen molar-refractivity contribution >= 4 is 59.0 Å². The van der Waals surface area contributed by atoms with Crippen molar-refractivity contribution in [3.63, 3.8) is 0 Å². The van der Waals surface area contributed by atoms with Crippen LogP contribution in [0, 0.1) is 11.8 Å². The number of unbranched alkanes of at least 4 members (excludes halogenated alkanes) is 5. The summed E-state index contributed by atoms with van der Waals surface area (Å²) in [5.74, 6) is -7.59. The van der Waals surface area contributed by atoms with E-state index in [-0.39, 0.29) is 36.5 Å². The fourth-order valence-corrected chi connectivity index (χ4v) is 11.8. The van der Waals surface area contributed by atoms with Crippen LogP contribution in [0.4, 0.5) is 0 Å². The van der Waals surface area contributed by atoms with Crippen molar-refractivity contribution in [3.8, 4) is 5.75 Å². The number of rotatable bonds is 24. The van der Waals surface area contributed by atoms with Crippen LogP contribution in [0.15, 0.2) is 24.3 Å². The maximum absolute atomic E-state index is 14.7. The zero-order chi connectivity index (χ0) is 62.5. The van der Waals surface area contributed by atoms with Gasteiger partial charge in [0.2, 0.25) is 47.3 Å². The standard InChI is InChI=1S/C55H91N9O16S.C2H6/c1-8-30(2)25-31(3)15-13-11-9-10-12-14-16-42(72)57-36-27-40(70)53(81-24-23-64(5,6)7)61-52(78)46-38(68)21-22-62(46)55(80)44(39(69)28-41(56)71)59-51(77)45(48(74)47(73)33-17-19-34(66)20-18-33)60-50(76)37-26-35(67)29-63(37)54(79)43(32(4)65)58-49(36)75;1-2/h17-20,30-32,35-40,43-48,53,65,67-70,73-74H,8-16,21-29H2,1-7H3,(H7-,56,57,58,59,60,61,66,71,72,75,76,77,78);1-2H3/p+1/t30?,31?,32-,35-,36?,37?,38+,39-,40-,43?,44?,45?,46?,47+,48?,53?;/m1./s1. The van der Waals surface area contributed by atoms with Gasteiger partial charge in [-0.15, -0.1) is 11.8 Å². The van der Waals surface area contributed by atoms with Crippen molar-refractivity contribution in [2.75, 3.05) is 46.5 Å². The third-order valence-electron chi connectivity index (χ3n) is 15.3. The monoisotopic (exact) mass is 1200 g/mol. The van der Waals surface area contributed by atoms with Crippen LogP contribution in [0.1, 0.15) is 143 Å². The van der Waals surface area contributed by atoms with E-state index in [9.17, 15) is 79.2 Å². The molecule has 16 atom stereocenters. The van der Waals surface area contributed by atoms with E-state index >= 15 is 0 Å². The smallest absolute Gasteiger partial charge is 0.248 e. The molecule has 3 heterocycles. The molecule has 3 fully saturated rings. The third kappa shape index (κ3) is 22.6. The molecule has 26 heteroatoms. The molecule has 10 unspecified atom stereocenters. The van der Waals surface area contributed by atoms with Gasteiger partial charge in [-0.25, -0.2) is 0 Å². The highest BCUT2D eigenvalue weighted by atomic mass is 32.2. The predicted octanol–water partition coefficient (Wildman–Crippen LogP) is -0.868. The lowest BCUT2D eigenvalue weighted by Gasteiger charge is -2.35. The SMILES string of the molecule is CC.CCC(C)CC(C)CCCCCCCCC(=O)NC1C[C@@H](O)C(SCC[N+](C)(C)C)NC(=O)C2[C@@H](O)CCN2C(=O)C([C@H](O)CC(N)=O)NC(=O)C(C(O)[C@@H](O)c2ccc(O)cc2)NC(=O)C2C[C@@H](O)CN2C(=O)C([C@@H](C)O)NC1=O. The molecule has 0 bridgehead atoms. The molecule has 83 heavy (non-hydrogen) atoms. The van der Waals surface area contributed by atoms with E-state index in [1.807, 2.05) is 35.0 Å². The van der Waals surface area contributed by atoms with E-state index in [0.29, 0.717) is 35.7 Å². The quantitative estimate of drug-likeness (QED) is 0.0442. The van der Waals surface area contributed by atoms with Crippen LogP contribution < -0.4 is 32.3 Å². The topological polar surface area (TPSA) is 391 Å². The molecule has 1 aromatic rings. The number of carbonyl (C=O) groups is 8. The van der Waals surface area contributed by atoms with Gasteiger partial charge in [0.15, 0.2) is 0 Å². The molecule has 15 N–H and O–H groups in total. The summed E-state index contributed by atoms with van der Waals surface area (Å²) in [7, 11) is 5.70. The first-order chi connectivity index (χ1) is 39.0. The summed E-state index contributed by atoms with van der Waals surface area (Å²) in [6.07, 6.45) is -6.65. The normalized spacial score (nSPS) is 27.4. The Hall–Kier alpha value is -5.19. The average molecular weight is 1200 g/mol. The lowest BCUT2D eigenvalue weighted by Crippen LogP contribution is -2.64. The average Bonchev–Trinajstić information content (AvgIpc) is 4.14. The second kappa shape index (κ2) is 34.7. The first kappa shape index (κ1) is 72.1. The summed E-state index contributed by atoms with van der Waals surface area (Å²) in [6.45, 7) is 11.4. The minimum atomic E-state index is -2.34. The summed E-state index contributed by atoms with van der Waals surface area (Å²) >= 11 is 1.04. The molecular formula is C57H98N9O16S+. The number of benzene rings is 1.